The van der Waals surface area contributed by atoms with E-state index in [0.29, 0.717) is 43.1 Å². The van der Waals surface area contributed by atoms with Crippen molar-refractivity contribution in [3.63, 3.8) is 0 Å². The maximum atomic E-state index is 13.4. The number of hydrogen-bond acceptors (Lipinski definition) is 4. The molecule has 8 heteroatoms. The summed E-state index contributed by atoms with van der Waals surface area (Å²) in [7, 11) is 0. The number of carbonyl (C=O) groups is 2. The third kappa shape index (κ3) is 2.75. The van der Waals surface area contributed by atoms with Gasteiger partial charge in [-0.25, -0.2) is 4.98 Å². The van der Waals surface area contributed by atoms with Gasteiger partial charge in [-0.2, -0.15) is 0 Å². The van der Waals surface area contributed by atoms with E-state index in [4.69, 9.17) is 16.3 Å². The van der Waals surface area contributed by atoms with Crippen molar-refractivity contribution in [3.8, 4) is 0 Å². The van der Waals surface area contributed by atoms with Crippen molar-refractivity contribution in [2.75, 3.05) is 13.2 Å². The molecule has 2 N–H and O–H groups in total. The number of imidazole rings is 1. The van der Waals surface area contributed by atoms with Crippen LogP contribution in [0.3, 0.4) is 0 Å². The minimum absolute atomic E-state index is 0.157. The van der Waals surface area contributed by atoms with Gasteiger partial charge in [-0.05, 0) is 49.9 Å². The van der Waals surface area contributed by atoms with Gasteiger partial charge in [0.05, 0.1) is 30.6 Å². The molecule has 5 rings (SSSR count). The first kappa shape index (κ1) is 19.2. The lowest BCUT2D eigenvalue weighted by Crippen LogP contribution is -2.54. The summed E-state index contributed by atoms with van der Waals surface area (Å²) in [5.74, 6) is -0.386. The molecule has 0 radical (unpaired) electrons. The Labute approximate surface area is 178 Å². The van der Waals surface area contributed by atoms with Gasteiger partial charge in [0, 0.05) is 28.2 Å². The van der Waals surface area contributed by atoms with Crippen molar-refractivity contribution in [3.05, 3.63) is 52.7 Å². The van der Waals surface area contributed by atoms with Crippen molar-refractivity contribution in [1.29, 1.82) is 0 Å². The Balaban J connectivity index is 1.68. The first-order valence-corrected chi connectivity index (χ1v) is 10.7. The standard InChI is InChI=1S/C22H23ClN4O3/c1-2-30-21(29)22(7-3-8-22)19-18-14(15-10-13(23)4-5-16(15)26-18)6-9-27(19)20(28)17-11-24-12-25-17/h4-5,10-12,19,26H,2-3,6-9H2,1H3,(H,24,25)/t19-/m0/s1. The van der Waals surface area contributed by atoms with Gasteiger partial charge in [0.25, 0.3) is 5.91 Å². The molecule has 3 aromatic rings. The molecule has 1 amide bonds. The largest absolute Gasteiger partial charge is 0.465 e. The van der Waals surface area contributed by atoms with E-state index >= 15 is 0 Å². The zero-order valence-electron chi connectivity index (χ0n) is 16.7. The summed E-state index contributed by atoms with van der Waals surface area (Å²) >= 11 is 6.26. The normalized spacial score (nSPS) is 19.9. The number of halogens is 1. The number of nitrogens with zero attached hydrogens (tertiary/aromatic N) is 2. The molecule has 3 heterocycles. The molecular weight excluding hydrogens is 404 g/mol. The lowest BCUT2D eigenvalue weighted by Gasteiger charge is -2.50. The average molecular weight is 427 g/mol. The number of H-pyrrole nitrogens is 2. The summed E-state index contributed by atoms with van der Waals surface area (Å²) in [5.41, 5.74) is 2.68. The monoisotopic (exact) mass is 426 g/mol. The summed E-state index contributed by atoms with van der Waals surface area (Å²) in [4.78, 5) is 38.8. The van der Waals surface area contributed by atoms with Crippen LogP contribution in [0.15, 0.2) is 30.7 Å². The lowest BCUT2D eigenvalue weighted by molar-refractivity contribution is -0.168. The second kappa shape index (κ2) is 7.16. The Kier molecular flexibility index (Phi) is 4.58. The van der Waals surface area contributed by atoms with Gasteiger partial charge in [-0.15, -0.1) is 0 Å². The average Bonchev–Trinajstić information content (AvgIpc) is 3.35. The molecule has 1 aromatic carbocycles. The molecule has 2 aromatic heterocycles. The SMILES string of the molecule is CCOC(=O)C1([C@@H]2c3[nH]c4ccc(Cl)cc4c3CCN2C(=O)c2cnc[nH]2)CCC1. The topological polar surface area (TPSA) is 91.1 Å². The summed E-state index contributed by atoms with van der Waals surface area (Å²) in [5, 5.41) is 1.72. The van der Waals surface area contributed by atoms with Crippen LogP contribution in [0.5, 0.6) is 0 Å². The molecule has 1 fully saturated rings. The maximum absolute atomic E-state index is 13.4. The van der Waals surface area contributed by atoms with E-state index < -0.39 is 11.5 Å². The number of carbonyl (C=O) groups excluding carboxylic acids is 2. The summed E-state index contributed by atoms with van der Waals surface area (Å²) < 4.78 is 5.50. The Hall–Kier alpha value is -2.80. The molecule has 1 aliphatic carbocycles. The van der Waals surface area contributed by atoms with Gasteiger partial charge in [-0.3, -0.25) is 9.59 Å². The van der Waals surface area contributed by atoms with Crippen molar-refractivity contribution in [2.24, 2.45) is 5.41 Å². The number of nitrogens with one attached hydrogen (secondary N) is 2. The van der Waals surface area contributed by atoms with Gasteiger partial charge >= 0.3 is 5.97 Å². The Bertz CT molecular complexity index is 1120. The molecular formula is C22H23ClN4O3. The maximum Gasteiger partial charge on any atom is 0.314 e. The fourth-order valence-corrected chi connectivity index (χ4v) is 5.18. The highest BCUT2D eigenvalue weighted by Gasteiger charge is 2.57. The van der Waals surface area contributed by atoms with Crippen LogP contribution in [0.1, 0.15) is 54.0 Å². The highest BCUT2D eigenvalue weighted by Crippen LogP contribution is 2.56. The predicted octanol–water partition coefficient (Wildman–Crippen LogP) is 4.02. The van der Waals surface area contributed by atoms with E-state index in [2.05, 4.69) is 15.0 Å². The van der Waals surface area contributed by atoms with Crippen molar-refractivity contribution in [2.45, 2.75) is 38.6 Å². The van der Waals surface area contributed by atoms with Gasteiger partial charge in [0.1, 0.15) is 5.69 Å². The van der Waals surface area contributed by atoms with E-state index in [-0.39, 0.29) is 11.9 Å². The van der Waals surface area contributed by atoms with Crippen LogP contribution in [-0.4, -0.2) is 44.9 Å². The number of aromatic nitrogens is 3. The number of rotatable bonds is 4. The van der Waals surface area contributed by atoms with E-state index in [0.717, 1.165) is 28.6 Å². The number of esters is 1. The first-order chi connectivity index (χ1) is 14.5. The summed E-state index contributed by atoms with van der Waals surface area (Å²) in [6.45, 7) is 2.64. The first-order valence-electron chi connectivity index (χ1n) is 10.3. The third-order valence-electron chi connectivity index (χ3n) is 6.53. The fourth-order valence-electron chi connectivity index (χ4n) is 5.00. The molecule has 0 saturated heterocycles. The number of amides is 1. The fraction of sp³-hybridized carbons (Fsp3) is 0.409. The molecule has 0 bridgehead atoms. The number of benzene rings is 1. The minimum Gasteiger partial charge on any atom is -0.465 e. The van der Waals surface area contributed by atoms with Crippen LogP contribution in [0.25, 0.3) is 10.9 Å². The van der Waals surface area contributed by atoms with Crippen LogP contribution in [-0.2, 0) is 16.0 Å². The Morgan fingerprint density at radius 3 is 2.87 bits per heavy atom. The quantitative estimate of drug-likeness (QED) is 0.616. The Morgan fingerprint density at radius 1 is 1.37 bits per heavy atom. The minimum atomic E-state index is -0.745. The zero-order chi connectivity index (χ0) is 20.9. The van der Waals surface area contributed by atoms with Crippen LogP contribution in [0.4, 0.5) is 0 Å². The molecule has 1 atom stereocenters. The van der Waals surface area contributed by atoms with Crippen LogP contribution >= 0.6 is 11.6 Å². The third-order valence-corrected chi connectivity index (χ3v) is 6.76. The molecule has 1 saturated carbocycles. The molecule has 7 nitrogen and oxygen atoms in total. The van der Waals surface area contributed by atoms with Gasteiger partial charge in [0.2, 0.25) is 0 Å². The molecule has 156 valence electrons. The van der Waals surface area contributed by atoms with Crippen LogP contribution in [0.2, 0.25) is 5.02 Å². The highest BCUT2D eigenvalue weighted by atomic mass is 35.5. The molecule has 30 heavy (non-hydrogen) atoms. The summed E-state index contributed by atoms with van der Waals surface area (Å²) in [6, 6.07) is 5.33. The van der Waals surface area contributed by atoms with Crippen molar-refractivity contribution >= 4 is 34.4 Å². The van der Waals surface area contributed by atoms with Gasteiger partial charge in [-0.1, -0.05) is 18.0 Å². The summed E-state index contributed by atoms with van der Waals surface area (Å²) in [6.07, 6.45) is 6.02. The van der Waals surface area contributed by atoms with E-state index in [1.165, 1.54) is 12.5 Å². The smallest absolute Gasteiger partial charge is 0.314 e. The Morgan fingerprint density at radius 2 is 2.20 bits per heavy atom. The number of ether oxygens (including phenoxy) is 1. The van der Waals surface area contributed by atoms with Gasteiger partial charge < -0.3 is 19.6 Å². The van der Waals surface area contributed by atoms with E-state index in [9.17, 15) is 9.59 Å². The van der Waals surface area contributed by atoms with Crippen LogP contribution < -0.4 is 0 Å². The molecule has 2 aliphatic rings. The highest BCUT2D eigenvalue weighted by molar-refractivity contribution is 6.31. The second-order valence-electron chi connectivity index (χ2n) is 8.05. The number of fused-ring (bicyclic) bond motifs is 3. The van der Waals surface area contributed by atoms with Gasteiger partial charge in [0.15, 0.2) is 0 Å². The predicted molar refractivity (Wildman–Crippen MR) is 112 cm³/mol. The van der Waals surface area contributed by atoms with Crippen molar-refractivity contribution < 1.29 is 14.3 Å². The second-order valence-corrected chi connectivity index (χ2v) is 8.49. The lowest BCUT2D eigenvalue weighted by atomic mass is 9.61. The molecule has 0 spiro atoms. The van der Waals surface area contributed by atoms with E-state index in [1.54, 1.807) is 0 Å². The molecule has 0 unspecified atom stereocenters. The van der Waals surface area contributed by atoms with Crippen LogP contribution in [0, 0.1) is 5.41 Å². The van der Waals surface area contributed by atoms with Crippen molar-refractivity contribution in [1.82, 2.24) is 19.9 Å². The zero-order valence-corrected chi connectivity index (χ0v) is 17.5. The number of aromatic amines is 2. The molecule has 1 aliphatic heterocycles. The number of hydrogen-bond donors (Lipinski definition) is 2. The van der Waals surface area contributed by atoms with E-state index in [1.807, 2.05) is 30.0 Å².